The number of esters is 1. The van der Waals surface area contributed by atoms with E-state index in [2.05, 4.69) is 15.9 Å². The SMILES string of the molecule is C#CCOC(=O)CCCCCCCCCCN=[N+]=[N-]. The van der Waals surface area contributed by atoms with Gasteiger partial charge >= 0.3 is 5.97 Å². The molecule has 5 nitrogen and oxygen atoms in total. The number of carbonyl (C=O) groups excluding carboxylic acids is 1. The molecule has 0 saturated carbocycles. The molecule has 0 aromatic carbocycles. The van der Waals surface area contributed by atoms with Crippen molar-refractivity contribution in [3.05, 3.63) is 10.4 Å². The van der Waals surface area contributed by atoms with Crippen LogP contribution in [0.4, 0.5) is 0 Å². The first-order chi connectivity index (χ1) is 9.31. The van der Waals surface area contributed by atoms with Crippen molar-refractivity contribution in [3.63, 3.8) is 0 Å². The van der Waals surface area contributed by atoms with Crippen LogP contribution in [-0.4, -0.2) is 19.1 Å². The lowest BCUT2D eigenvalue weighted by Gasteiger charge is -2.02. The summed E-state index contributed by atoms with van der Waals surface area (Å²) in [5.74, 6) is 2.07. The van der Waals surface area contributed by atoms with Gasteiger partial charge in [-0.3, -0.25) is 4.79 Å². The number of unbranched alkanes of at least 4 members (excludes halogenated alkanes) is 7. The normalized spacial score (nSPS) is 9.42. The van der Waals surface area contributed by atoms with Crippen LogP contribution in [0.2, 0.25) is 0 Å². The molecule has 0 aliphatic carbocycles. The van der Waals surface area contributed by atoms with Gasteiger partial charge in [-0.25, -0.2) is 0 Å². The van der Waals surface area contributed by atoms with Crippen molar-refractivity contribution in [2.24, 2.45) is 5.11 Å². The molecule has 0 amide bonds. The molecule has 0 saturated heterocycles. The lowest BCUT2D eigenvalue weighted by molar-refractivity contribution is -0.142. The van der Waals surface area contributed by atoms with Crippen molar-refractivity contribution in [3.8, 4) is 12.3 Å². The van der Waals surface area contributed by atoms with E-state index in [-0.39, 0.29) is 12.6 Å². The van der Waals surface area contributed by atoms with E-state index in [0.29, 0.717) is 13.0 Å². The van der Waals surface area contributed by atoms with E-state index >= 15 is 0 Å². The molecule has 0 aromatic heterocycles. The number of rotatable bonds is 12. The third-order valence-electron chi connectivity index (χ3n) is 2.77. The lowest BCUT2D eigenvalue weighted by Crippen LogP contribution is -2.03. The fourth-order valence-corrected chi connectivity index (χ4v) is 1.75. The summed E-state index contributed by atoms with van der Waals surface area (Å²) >= 11 is 0. The summed E-state index contributed by atoms with van der Waals surface area (Å²) in [6.45, 7) is 0.685. The van der Waals surface area contributed by atoms with Crippen LogP contribution in [0.1, 0.15) is 57.8 Å². The predicted molar refractivity (Wildman–Crippen MR) is 75.4 cm³/mol. The van der Waals surface area contributed by atoms with Crippen LogP contribution >= 0.6 is 0 Å². The average molecular weight is 265 g/mol. The minimum atomic E-state index is -0.198. The first-order valence-electron chi connectivity index (χ1n) is 6.91. The largest absolute Gasteiger partial charge is 0.452 e. The molecule has 0 fully saturated rings. The van der Waals surface area contributed by atoms with Crippen LogP contribution < -0.4 is 0 Å². The quantitative estimate of drug-likeness (QED) is 0.134. The second kappa shape index (κ2) is 14.4. The van der Waals surface area contributed by atoms with Crippen LogP contribution in [0, 0.1) is 12.3 Å². The summed E-state index contributed by atoms with van der Waals surface area (Å²) in [4.78, 5) is 13.8. The van der Waals surface area contributed by atoms with Gasteiger partial charge < -0.3 is 4.74 Å². The maximum absolute atomic E-state index is 11.1. The van der Waals surface area contributed by atoms with E-state index in [1.54, 1.807) is 0 Å². The Morgan fingerprint density at radius 1 is 1.11 bits per heavy atom. The number of hydrogen-bond donors (Lipinski definition) is 0. The predicted octanol–water partition coefficient (Wildman–Crippen LogP) is 3.98. The Morgan fingerprint density at radius 2 is 1.68 bits per heavy atom. The Hall–Kier alpha value is -1.66. The number of nitrogens with zero attached hydrogens (tertiary/aromatic N) is 3. The molecule has 0 radical (unpaired) electrons. The van der Waals surface area contributed by atoms with Crippen molar-refractivity contribution in [2.45, 2.75) is 57.8 Å². The molecular formula is C14H23N3O2. The third-order valence-corrected chi connectivity index (χ3v) is 2.77. The van der Waals surface area contributed by atoms with Crippen molar-refractivity contribution in [1.82, 2.24) is 0 Å². The summed E-state index contributed by atoms with van der Waals surface area (Å²) < 4.78 is 4.77. The van der Waals surface area contributed by atoms with Gasteiger partial charge in [0.15, 0.2) is 6.61 Å². The third kappa shape index (κ3) is 14.3. The maximum Gasteiger partial charge on any atom is 0.306 e. The highest BCUT2D eigenvalue weighted by Crippen LogP contribution is 2.10. The van der Waals surface area contributed by atoms with Gasteiger partial charge in [-0.05, 0) is 18.4 Å². The second-order valence-electron chi connectivity index (χ2n) is 4.40. The molecule has 5 heteroatoms. The molecule has 19 heavy (non-hydrogen) atoms. The fourth-order valence-electron chi connectivity index (χ4n) is 1.75. The van der Waals surface area contributed by atoms with E-state index in [1.807, 2.05) is 0 Å². The summed E-state index contributed by atoms with van der Waals surface area (Å²) in [7, 11) is 0. The second-order valence-corrected chi connectivity index (χ2v) is 4.40. The number of hydrogen-bond acceptors (Lipinski definition) is 3. The van der Waals surface area contributed by atoms with Gasteiger partial charge in [-0.1, -0.05) is 49.6 Å². The Morgan fingerprint density at radius 3 is 2.26 bits per heavy atom. The zero-order valence-corrected chi connectivity index (χ0v) is 11.5. The Labute approximate surface area is 115 Å². The number of carbonyl (C=O) groups is 1. The fraction of sp³-hybridized carbons (Fsp3) is 0.786. The molecule has 0 rings (SSSR count). The number of azide groups is 1. The zero-order valence-electron chi connectivity index (χ0n) is 11.5. The van der Waals surface area contributed by atoms with E-state index in [0.717, 1.165) is 32.1 Å². The first-order valence-corrected chi connectivity index (χ1v) is 6.91. The van der Waals surface area contributed by atoms with Gasteiger partial charge in [0.25, 0.3) is 0 Å². The molecule has 0 atom stereocenters. The maximum atomic E-state index is 11.1. The van der Waals surface area contributed by atoms with Gasteiger partial charge in [0.1, 0.15) is 0 Å². The summed E-state index contributed by atoms with van der Waals surface area (Å²) in [5.41, 5.74) is 8.09. The highest BCUT2D eigenvalue weighted by molar-refractivity contribution is 5.69. The average Bonchev–Trinajstić information content (AvgIpc) is 2.42. The molecule has 0 bridgehead atoms. The molecule has 0 aliphatic heterocycles. The molecule has 0 N–H and O–H groups in total. The van der Waals surface area contributed by atoms with Crippen LogP contribution in [0.3, 0.4) is 0 Å². The topological polar surface area (TPSA) is 75.1 Å². The molecule has 0 aliphatic rings. The summed E-state index contributed by atoms with van der Waals surface area (Å²) in [5, 5.41) is 3.49. The highest BCUT2D eigenvalue weighted by atomic mass is 16.5. The van der Waals surface area contributed by atoms with Crippen LogP contribution in [0.15, 0.2) is 5.11 Å². The molecule has 0 spiro atoms. The first kappa shape index (κ1) is 17.3. The van der Waals surface area contributed by atoms with Gasteiger partial charge in [0, 0.05) is 17.9 Å². The minimum absolute atomic E-state index is 0.0781. The monoisotopic (exact) mass is 265 g/mol. The van der Waals surface area contributed by atoms with Crippen molar-refractivity contribution in [1.29, 1.82) is 0 Å². The van der Waals surface area contributed by atoms with Crippen molar-refractivity contribution in [2.75, 3.05) is 13.2 Å². The van der Waals surface area contributed by atoms with Gasteiger partial charge in [-0.15, -0.1) is 6.42 Å². The smallest absolute Gasteiger partial charge is 0.306 e. The van der Waals surface area contributed by atoms with Crippen LogP contribution in [0.25, 0.3) is 10.4 Å². The zero-order chi connectivity index (χ0) is 14.2. The Kier molecular flexibility index (Phi) is 13.1. The molecule has 0 aromatic rings. The standard InChI is InChI=1S/C14H23N3O2/c1-2-13-19-14(18)11-9-7-5-3-4-6-8-10-12-16-17-15/h1H,3-13H2. The lowest BCUT2D eigenvalue weighted by atomic mass is 10.1. The Balaban J connectivity index is 3.12. The minimum Gasteiger partial charge on any atom is -0.452 e. The number of terminal acetylenes is 1. The molecular weight excluding hydrogens is 242 g/mol. The molecule has 0 unspecified atom stereocenters. The molecule has 106 valence electrons. The summed E-state index contributed by atoms with van der Waals surface area (Å²) in [6.07, 6.45) is 14.2. The van der Waals surface area contributed by atoms with Gasteiger partial charge in [-0.2, -0.15) is 0 Å². The van der Waals surface area contributed by atoms with E-state index in [4.69, 9.17) is 16.7 Å². The number of ether oxygens (including phenoxy) is 1. The van der Waals surface area contributed by atoms with Gasteiger partial charge in [0.2, 0.25) is 0 Å². The van der Waals surface area contributed by atoms with Crippen molar-refractivity contribution < 1.29 is 9.53 Å². The van der Waals surface area contributed by atoms with Gasteiger partial charge in [0.05, 0.1) is 0 Å². The highest BCUT2D eigenvalue weighted by Gasteiger charge is 2.00. The Bertz CT molecular complexity index is 317. The molecule has 0 heterocycles. The van der Waals surface area contributed by atoms with Crippen LogP contribution in [-0.2, 0) is 9.53 Å². The van der Waals surface area contributed by atoms with E-state index in [1.165, 1.54) is 19.3 Å². The summed E-state index contributed by atoms with van der Waals surface area (Å²) in [6, 6.07) is 0. The van der Waals surface area contributed by atoms with Crippen LogP contribution in [0.5, 0.6) is 0 Å². The van der Waals surface area contributed by atoms with E-state index in [9.17, 15) is 4.79 Å². The van der Waals surface area contributed by atoms with Crippen molar-refractivity contribution >= 4 is 5.97 Å². The van der Waals surface area contributed by atoms with E-state index < -0.39 is 0 Å².